The summed E-state index contributed by atoms with van der Waals surface area (Å²) < 4.78 is 27.7. The van der Waals surface area contributed by atoms with E-state index in [9.17, 15) is 8.78 Å². The number of fused-ring (bicyclic) bond motifs is 5. The van der Waals surface area contributed by atoms with E-state index in [0.717, 1.165) is 11.8 Å². The normalized spacial score (nSPS) is 40.3. The van der Waals surface area contributed by atoms with Crippen LogP contribution in [0.25, 0.3) is 0 Å². The lowest BCUT2D eigenvalue weighted by Crippen LogP contribution is -2.19. The first-order valence-corrected chi connectivity index (χ1v) is 7.29. The van der Waals surface area contributed by atoms with E-state index in [1.165, 1.54) is 19.3 Å². The van der Waals surface area contributed by atoms with Crippen molar-refractivity contribution in [1.29, 1.82) is 0 Å². The summed E-state index contributed by atoms with van der Waals surface area (Å²) in [6.45, 7) is 1.58. The molecular weight excluding hydrogens is 244 g/mol. The summed E-state index contributed by atoms with van der Waals surface area (Å²) >= 11 is 0. The van der Waals surface area contributed by atoms with Gasteiger partial charge in [-0.3, -0.25) is 0 Å². The van der Waals surface area contributed by atoms with Gasteiger partial charge < -0.3 is 5.73 Å². The fraction of sp³-hybridized carbons (Fsp3) is 0.625. The van der Waals surface area contributed by atoms with Gasteiger partial charge >= 0.3 is 0 Å². The van der Waals surface area contributed by atoms with Crippen LogP contribution in [-0.4, -0.2) is 0 Å². The molecule has 1 aromatic carbocycles. The number of halogens is 2. The Morgan fingerprint density at radius 1 is 1.11 bits per heavy atom. The van der Waals surface area contributed by atoms with Crippen molar-refractivity contribution >= 4 is 0 Å². The van der Waals surface area contributed by atoms with Crippen LogP contribution in [0.1, 0.15) is 36.4 Å². The largest absolute Gasteiger partial charge is 0.324 e. The van der Waals surface area contributed by atoms with Gasteiger partial charge in [-0.25, -0.2) is 8.78 Å². The molecule has 3 heteroatoms. The second-order valence-electron chi connectivity index (χ2n) is 6.69. The van der Waals surface area contributed by atoms with Gasteiger partial charge in [0, 0.05) is 11.6 Å². The monoisotopic (exact) mass is 263 g/mol. The van der Waals surface area contributed by atoms with E-state index in [4.69, 9.17) is 5.73 Å². The standard InChI is InChI=1S/C16H19F2N/c1-7-2-5-10(15(18)14(7)17)16(19)13-11-8-3-4-9(6-8)12(11)13/h2,5,8-9,11-13,16H,3-4,6,19H2,1H3. The highest BCUT2D eigenvalue weighted by molar-refractivity contribution is 5.31. The molecule has 1 aromatic rings. The van der Waals surface area contributed by atoms with Crippen LogP contribution in [0.5, 0.6) is 0 Å². The van der Waals surface area contributed by atoms with E-state index in [1.807, 2.05) is 0 Å². The minimum atomic E-state index is -0.735. The van der Waals surface area contributed by atoms with Crippen molar-refractivity contribution in [3.05, 3.63) is 34.9 Å². The lowest BCUT2D eigenvalue weighted by atomic mass is 9.93. The average Bonchev–Trinajstić information content (AvgIpc) is 2.84. The maximum atomic E-state index is 14.0. The van der Waals surface area contributed by atoms with E-state index in [0.29, 0.717) is 28.9 Å². The van der Waals surface area contributed by atoms with Gasteiger partial charge in [0.15, 0.2) is 11.6 Å². The third-order valence-electron chi connectivity index (χ3n) is 5.87. The number of benzene rings is 1. The molecule has 2 N–H and O–H groups in total. The fourth-order valence-corrected chi connectivity index (χ4v) is 5.00. The molecule has 5 unspecified atom stereocenters. The molecular formula is C16H19F2N. The SMILES string of the molecule is Cc1ccc(C(N)C2C3C4CCC(C4)C32)c(F)c1F. The Morgan fingerprint density at radius 3 is 2.37 bits per heavy atom. The minimum absolute atomic E-state index is 0.325. The first-order chi connectivity index (χ1) is 9.09. The quantitative estimate of drug-likeness (QED) is 0.867. The third-order valence-corrected chi connectivity index (χ3v) is 5.87. The Hall–Kier alpha value is -0.960. The highest BCUT2D eigenvalue weighted by atomic mass is 19.2. The van der Waals surface area contributed by atoms with Crippen LogP contribution < -0.4 is 5.73 Å². The van der Waals surface area contributed by atoms with Gasteiger partial charge in [-0.15, -0.1) is 0 Å². The number of rotatable bonds is 2. The van der Waals surface area contributed by atoms with Gasteiger partial charge in [0.2, 0.25) is 0 Å². The topological polar surface area (TPSA) is 26.0 Å². The van der Waals surface area contributed by atoms with Crippen molar-refractivity contribution in [2.45, 2.75) is 32.2 Å². The van der Waals surface area contributed by atoms with Gasteiger partial charge in [-0.05, 0) is 61.3 Å². The minimum Gasteiger partial charge on any atom is -0.324 e. The molecule has 3 fully saturated rings. The van der Waals surface area contributed by atoms with Crippen LogP contribution in [-0.2, 0) is 0 Å². The van der Waals surface area contributed by atoms with E-state index in [2.05, 4.69) is 0 Å². The van der Waals surface area contributed by atoms with Gasteiger partial charge in [0.05, 0.1) is 0 Å². The van der Waals surface area contributed by atoms with Crippen molar-refractivity contribution in [3.8, 4) is 0 Å². The fourth-order valence-electron chi connectivity index (χ4n) is 5.00. The lowest BCUT2D eigenvalue weighted by Gasteiger charge is -2.18. The highest BCUT2D eigenvalue weighted by Gasteiger charge is 2.66. The number of nitrogens with two attached hydrogens (primary N) is 1. The summed E-state index contributed by atoms with van der Waals surface area (Å²) in [4.78, 5) is 0. The van der Waals surface area contributed by atoms with Crippen LogP contribution in [0.2, 0.25) is 0 Å². The molecule has 0 aliphatic heterocycles. The summed E-state index contributed by atoms with van der Waals surface area (Å²) in [6, 6.07) is 2.99. The van der Waals surface area contributed by atoms with Gasteiger partial charge in [0.1, 0.15) is 0 Å². The molecule has 0 heterocycles. The van der Waals surface area contributed by atoms with Crippen LogP contribution in [0.15, 0.2) is 12.1 Å². The zero-order valence-electron chi connectivity index (χ0n) is 11.1. The van der Waals surface area contributed by atoms with Crippen molar-refractivity contribution in [2.75, 3.05) is 0 Å². The van der Waals surface area contributed by atoms with E-state index < -0.39 is 11.6 Å². The second kappa shape index (κ2) is 3.78. The van der Waals surface area contributed by atoms with E-state index in [1.54, 1.807) is 19.1 Å². The Morgan fingerprint density at radius 2 is 1.74 bits per heavy atom. The summed E-state index contributed by atoms with van der Waals surface area (Å²) in [6.07, 6.45) is 3.99. The molecule has 1 nitrogen and oxygen atoms in total. The number of hydrogen-bond acceptors (Lipinski definition) is 1. The Labute approximate surface area is 112 Å². The molecule has 19 heavy (non-hydrogen) atoms. The molecule has 2 bridgehead atoms. The predicted molar refractivity (Wildman–Crippen MR) is 69.3 cm³/mol. The Bertz CT molecular complexity index is 526. The lowest BCUT2D eigenvalue weighted by molar-refractivity contribution is 0.402. The molecule has 0 aromatic heterocycles. The van der Waals surface area contributed by atoms with Gasteiger partial charge in [0.25, 0.3) is 0 Å². The zero-order chi connectivity index (χ0) is 13.3. The molecule has 3 saturated carbocycles. The summed E-state index contributed by atoms with van der Waals surface area (Å²) in [5.41, 5.74) is 6.98. The summed E-state index contributed by atoms with van der Waals surface area (Å²) in [5, 5.41) is 0. The number of hydrogen-bond donors (Lipinski definition) is 1. The molecule has 0 radical (unpaired) electrons. The van der Waals surface area contributed by atoms with E-state index in [-0.39, 0.29) is 6.04 Å². The predicted octanol–water partition coefficient (Wildman–Crippen LogP) is 3.57. The zero-order valence-corrected chi connectivity index (χ0v) is 11.1. The van der Waals surface area contributed by atoms with Crippen LogP contribution in [0.4, 0.5) is 8.78 Å². The first-order valence-electron chi connectivity index (χ1n) is 7.29. The van der Waals surface area contributed by atoms with E-state index >= 15 is 0 Å². The number of aryl methyl sites for hydroxylation is 1. The van der Waals surface area contributed by atoms with Crippen molar-refractivity contribution in [2.24, 2.45) is 35.3 Å². The van der Waals surface area contributed by atoms with Crippen LogP contribution in [0, 0.1) is 48.1 Å². The molecule has 3 aliphatic carbocycles. The van der Waals surface area contributed by atoms with Gasteiger partial charge in [-0.1, -0.05) is 12.1 Å². The average molecular weight is 263 g/mol. The molecule has 0 amide bonds. The third kappa shape index (κ3) is 1.48. The van der Waals surface area contributed by atoms with Crippen LogP contribution >= 0.6 is 0 Å². The molecule has 3 aliphatic rings. The van der Waals surface area contributed by atoms with Crippen molar-refractivity contribution in [1.82, 2.24) is 0 Å². The molecule has 5 atom stereocenters. The first kappa shape index (κ1) is 11.8. The van der Waals surface area contributed by atoms with Crippen LogP contribution in [0.3, 0.4) is 0 Å². The van der Waals surface area contributed by atoms with Gasteiger partial charge in [-0.2, -0.15) is 0 Å². The summed E-state index contributed by atoms with van der Waals surface area (Å²) in [7, 11) is 0. The maximum Gasteiger partial charge on any atom is 0.163 e. The van der Waals surface area contributed by atoms with Crippen molar-refractivity contribution in [3.63, 3.8) is 0 Å². The smallest absolute Gasteiger partial charge is 0.163 e. The Kier molecular flexibility index (Phi) is 2.36. The maximum absolute atomic E-state index is 14.0. The molecule has 102 valence electrons. The second-order valence-corrected chi connectivity index (χ2v) is 6.69. The molecule has 0 saturated heterocycles. The highest BCUT2D eigenvalue weighted by Crippen LogP contribution is 2.71. The molecule has 4 rings (SSSR count). The van der Waals surface area contributed by atoms with Crippen molar-refractivity contribution < 1.29 is 8.78 Å². The Balaban J connectivity index is 1.63. The summed E-state index contributed by atoms with van der Waals surface area (Å²) in [5.74, 6) is 1.93. The molecule has 0 spiro atoms.